The summed E-state index contributed by atoms with van der Waals surface area (Å²) in [6, 6.07) is 8.22. The van der Waals surface area contributed by atoms with Crippen molar-refractivity contribution in [3.05, 3.63) is 58.1 Å². The lowest BCUT2D eigenvalue weighted by Crippen LogP contribution is -2.25. The number of amides is 1. The Morgan fingerprint density at radius 3 is 2.61 bits per heavy atom. The first-order valence-corrected chi connectivity index (χ1v) is 8.64. The summed E-state index contributed by atoms with van der Waals surface area (Å²) in [5.41, 5.74) is -0.347. The molecule has 0 fully saturated rings. The molecule has 2 aromatic carbocycles. The van der Waals surface area contributed by atoms with Crippen molar-refractivity contribution in [2.24, 2.45) is 0 Å². The van der Waals surface area contributed by atoms with Crippen LogP contribution in [0.3, 0.4) is 0 Å². The molecule has 1 unspecified atom stereocenters. The molecule has 1 atom stereocenters. The Morgan fingerprint density at radius 1 is 1.18 bits per heavy atom. The van der Waals surface area contributed by atoms with Crippen LogP contribution in [-0.4, -0.2) is 26.1 Å². The molecule has 0 bridgehead atoms. The SMILES string of the molecule is CC(C(=O)Nc1ccc(Cl)cc1Cl)n1nnc(-c2cccc(C(F)(F)F)c2)n1. The molecule has 0 aliphatic carbocycles. The highest BCUT2D eigenvalue weighted by Gasteiger charge is 2.31. The van der Waals surface area contributed by atoms with E-state index in [1.807, 2.05) is 0 Å². The Hall–Kier alpha value is -2.65. The van der Waals surface area contributed by atoms with Crippen LogP contribution in [0.2, 0.25) is 10.0 Å². The molecule has 146 valence electrons. The second kappa shape index (κ2) is 7.76. The Balaban J connectivity index is 1.78. The molecule has 0 saturated carbocycles. The number of benzene rings is 2. The van der Waals surface area contributed by atoms with Gasteiger partial charge in [0.15, 0.2) is 0 Å². The molecule has 1 N–H and O–H groups in total. The van der Waals surface area contributed by atoms with Crippen molar-refractivity contribution in [3.8, 4) is 11.4 Å². The van der Waals surface area contributed by atoms with Gasteiger partial charge < -0.3 is 5.32 Å². The number of hydrogen-bond acceptors (Lipinski definition) is 4. The number of nitrogens with zero attached hydrogens (tertiary/aromatic N) is 4. The highest BCUT2D eigenvalue weighted by molar-refractivity contribution is 6.36. The monoisotopic (exact) mass is 429 g/mol. The van der Waals surface area contributed by atoms with Gasteiger partial charge in [0.2, 0.25) is 5.82 Å². The molecule has 6 nitrogen and oxygen atoms in total. The summed E-state index contributed by atoms with van der Waals surface area (Å²) in [6.07, 6.45) is -4.49. The van der Waals surface area contributed by atoms with Gasteiger partial charge in [-0.1, -0.05) is 35.3 Å². The molecule has 0 radical (unpaired) electrons. The van der Waals surface area contributed by atoms with Crippen LogP contribution in [0.4, 0.5) is 18.9 Å². The number of rotatable bonds is 4. The normalized spacial score (nSPS) is 12.6. The Bertz CT molecular complexity index is 1020. The fraction of sp³-hybridized carbons (Fsp3) is 0.176. The van der Waals surface area contributed by atoms with Crippen molar-refractivity contribution in [2.45, 2.75) is 19.1 Å². The first-order valence-electron chi connectivity index (χ1n) is 7.88. The maximum atomic E-state index is 12.9. The minimum absolute atomic E-state index is 0.0322. The van der Waals surface area contributed by atoms with E-state index in [1.54, 1.807) is 6.07 Å². The third-order valence-electron chi connectivity index (χ3n) is 3.79. The second-order valence-electron chi connectivity index (χ2n) is 5.80. The fourth-order valence-corrected chi connectivity index (χ4v) is 2.73. The number of alkyl halides is 3. The molecule has 28 heavy (non-hydrogen) atoms. The summed E-state index contributed by atoms with van der Waals surface area (Å²) in [5, 5.41) is 14.8. The first-order chi connectivity index (χ1) is 13.1. The lowest BCUT2D eigenvalue weighted by atomic mass is 10.1. The molecule has 0 saturated heterocycles. The maximum Gasteiger partial charge on any atom is 0.416 e. The Labute approximate surface area is 167 Å². The van der Waals surface area contributed by atoms with Gasteiger partial charge in [-0.05, 0) is 42.5 Å². The van der Waals surface area contributed by atoms with Crippen molar-refractivity contribution in [3.63, 3.8) is 0 Å². The van der Waals surface area contributed by atoms with Crippen molar-refractivity contribution in [1.82, 2.24) is 20.2 Å². The molecular weight excluding hydrogens is 418 g/mol. The lowest BCUT2D eigenvalue weighted by molar-refractivity contribution is -0.137. The Morgan fingerprint density at radius 2 is 1.93 bits per heavy atom. The van der Waals surface area contributed by atoms with Crippen molar-refractivity contribution < 1.29 is 18.0 Å². The topological polar surface area (TPSA) is 72.7 Å². The van der Waals surface area contributed by atoms with E-state index in [9.17, 15) is 18.0 Å². The zero-order valence-corrected chi connectivity index (χ0v) is 15.7. The van der Waals surface area contributed by atoms with Crippen LogP contribution in [0, 0.1) is 0 Å². The molecular formula is C17H12Cl2F3N5O. The number of hydrogen-bond donors (Lipinski definition) is 1. The number of anilines is 1. The number of halogens is 5. The predicted octanol–water partition coefficient (Wildman–Crippen LogP) is 4.87. The van der Waals surface area contributed by atoms with Gasteiger partial charge in [-0.3, -0.25) is 4.79 Å². The maximum absolute atomic E-state index is 12.9. The van der Waals surface area contributed by atoms with Gasteiger partial charge in [-0.15, -0.1) is 10.2 Å². The standard InChI is InChI=1S/C17H12Cl2F3N5O/c1-9(16(28)23-14-6-5-12(18)8-13(14)19)27-25-15(24-26-27)10-3-2-4-11(7-10)17(20,21)22/h2-9H,1H3,(H,23,28). The summed E-state index contributed by atoms with van der Waals surface area (Å²) < 4.78 is 38.6. The van der Waals surface area contributed by atoms with Crippen LogP contribution in [0.1, 0.15) is 18.5 Å². The molecule has 1 aromatic heterocycles. The van der Waals surface area contributed by atoms with Gasteiger partial charge in [0.05, 0.1) is 16.3 Å². The van der Waals surface area contributed by atoms with Gasteiger partial charge >= 0.3 is 6.18 Å². The molecule has 3 rings (SSSR count). The zero-order chi connectivity index (χ0) is 20.5. The van der Waals surface area contributed by atoms with Gasteiger partial charge in [-0.2, -0.15) is 18.0 Å². The van der Waals surface area contributed by atoms with E-state index in [0.717, 1.165) is 16.9 Å². The summed E-state index contributed by atoms with van der Waals surface area (Å²) in [6.45, 7) is 1.51. The number of carbonyl (C=O) groups is 1. The highest BCUT2D eigenvalue weighted by atomic mass is 35.5. The smallest absolute Gasteiger partial charge is 0.323 e. The average Bonchev–Trinajstić information content (AvgIpc) is 3.13. The summed E-state index contributed by atoms with van der Waals surface area (Å²) >= 11 is 11.8. The minimum Gasteiger partial charge on any atom is -0.323 e. The van der Waals surface area contributed by atoms with Gasteiger partial charge in [-0.25, -0.2) is 0 Å². The molecule has 0 aliphatic rings. The number of carbonyl (C=O) groups excluding carboxylic acids is 1. The number of aromatic nitrogens is 4. The Kier molecular flexibility index (Phi) is 5.57. The average molecular weight is 430 g/mol. The summed E-state index contributed by atoms with van der Waals surface area (Å²) in [5.74, 6) is -0.521. The van der Waals surface area contributed by atoms with Crippen LogP contribution < -0.4 is 5.32 Å². The van der Waals surface area contributed by atoms with E-state index in [4.69, 9.17) is 23.2 Å². The zero-order valence-electron chi connectivity index (χ0n) is 14.2. The van der Waals surface area contributed by atoms with E-state index in [2.05, 4.69) is 20.7 Å². The molecule has 3 aromatic rings. The third-order valence-corrected chi connectivity index (χ3v) is 4.34. The van der Waals surface area contributed by atoms with Crippen LogP contribution in [0.5, 0.6) is 0 Å². The third kappa shape index (κ3) is 4.42. The fourth-order valence-electron chi connectivity index (χ4n) is 2.27. The molecule has 1 heterocycles. The van der Waals surface area contributed by atoms with Crippen LogP contribution >= 0.6 is 23.2 Å². The van der Waals surface area contributed by atoms with Crippen LogP contribution in [0.15, 0.2) is 42.5 Å². The first kappa shape index (κ1) is 20.1. The van der Waals surface area contributed by atoms with E-state index >= 15 is 0 Å². The van der Waals surface area contributed by atoms with E-state index < -0.39 is 23.7 Å². The summed E-state index contributed by atoms with van der Waals surface area (Å²) in [4.78, 5) is 13.4. The quantitative estimate of drug-likeness (QED) is 0.642. The van der Waals surface area contributed by atoms with Crippen LogP contribution in [0.25, 0.3) is 11.4 Å². The lowest BCUT2D eigenvalue weighted by Gasteiger charge is -2.12. The largest absolute Gasteiger partial charge is 0.416 e. The van der Waals surface area contributed by atoms with E-state index in [0.29, 0.717) is 10.7 Å². The molecule has 0 spiro atoms. The van der Waals surface area contributed by atoms with Crippen molar-refractivity contribution >= 4 is 34.8 Å². The predicted molar refractivity (Wildman–Crippen MR) is 98.1 cm³/mol. The van der Waals surface area contributed by atoms with E-state index in [1.165, 1.54) is 31.2 Å². The second-order valence-corrected chi connectivity index (χ2v) is 6.65. The molecule has 1 amide bonds. The number of nitrogens with one attached hydrogen (secondary N) is 1. The molecule has 0 aliphatic heterocycles. The number of tetrazole rings is 1. The van der Waals surface area contributed by atoms with Gasteiger partial charge in [0, 0.05) is 10.6 Å². The van der Waals surface area contributed by atoms with E-state index in [-0.39, 0.29) is 16.4 Å². The van der Waals surface area contributed by atoms with Crippen LogP contribution in [-0.2, 0) is 11.0 Å². The summed E-state index contributed by atoms with van der Waals surface area (Å²) in [7, 11) is 0. The van der Waals surface area contributed by atoms with Gasteiger partial charge in [0.1, 0.15) is 6.04 Å². The molecule has 11 heteroatoms. The van der Waals surface area contributed by atoms with Crippen molar-refractivity contribution in [2.75, 3.05) is 5.32 Å². The minimum atomic E-state index is -4.49. The van der Waals surface area contributed by atoms with Crippen molar-refractivity contribution in [1.29, 1.82) is 0 Å². The highest BCUT2D eigenvalue weighted by Crippen LogP contribution is 2.31. The van der Waals surface area contributed by atoms with Gasteiger partial charge in [0.25, 0.3) is 5.91 Å².